The molecule has 0 saturated carbocycles. The molecule has 0 radical (unpaired) electrons. The predicted molar refractivity (Wildman–Crippen MR) is 120 cm³/mol. The second-order valence-corrected chi connectivity index (χ2v) is 8.04. The van der Waals surface area contributed by atoms with E-state index in [1.807, 2.05) is 36.6 Å². The Balaban J connectivity index is 1.58. The average molecular weight is 430 g/mol. The highest BCUT2D eigenvalue weighted by molar-refractivity contribution is 7.99. The number of nitrogens with one attached hydrogen (secondary N) is 2. The van der Waals surface area contributed by atoms with Crippen molar-refractivity contribution < 1.29 is 4.79 Å². The van der Waals surface area contributed by atoms with Crippen LogP contribution in [0.2, 0.25) is 5.02 Å². The lowest BCUT2D eigenvalue weighted by molar-refractivity contribution is -0.113. The van der Waals surface area contributed by atoms with E-state index >= 15 is 0 Å². The lowest BCUT2D eigenvalue weighted by Gasteiger charge is -2.10. The lowest BCUT2D eigenvalue weighted by atomic mass is 10.2. The largest absolute Gasteiger partial charge is 0.378 e. The van der Waals surface area contributed by atoms with Gasteiger partial charge in [0.15, 0.2) is 11.0 Å². The van der Waals surface area contributed by atoms with Crippen LogP contribution in [0.3, 0.4) is 0 Å². The molecule has 2 aromatic carbocycles. The maximum atomic E-state index is 12.3. The molecule has 0 bridgehead atoms. The predicted octanol–water partition coefficient (Wildman–Crippen LogP) is 4.91. The van der Waals surface area contributed by atoms with Gasteiger partial charge in [-0.3, -0.25) is 4.79 Å². The molecule has 0 aliphatic heterocycles. The van der Waals surface area contributed by atoms with Gasteiger partial charge in [0.2, 0.25) is 5.91 Å². The minimum atomic E-state index is -0.106. The van der Waals surface area contributed by atoms with Crippen LogP contribution in [0.25, 0.3) is 0 Å². The molecule has 1 heterocycles. The molecule has 0 aliphatic rings. The molecule has 3 aromatic rings. The summed E-state index contributed by atoms with van der Waals surface area (Å²) in [6.07, 6.45) is 0. The number of anilines is 2. The first-order valence-electron chi connectivity index (χ1n) is 9.37. The van der Waals surface area contributed by atoms with E-state index in [-0.39, 0.29) is 11.7 Å². The van der Waals surface area contributed by atoms with Gasteiger partial charge in [-0.2, -0.15) is 0 Å². The zero-order chi connectivity index (χ0) is 20.8. The summed E-state index contributed by atoms with van der Waals surface area (Å²) in [4.78, 5) is 12.3. The fraction of sp³-hybridized carbons (Fsp3) is 0.286. The molecule has 152 valence electrons. The molecule has 29 heavy (non-hydrogen) atoms. The van der Waals surface area contributed by atoms with Crippen LogP contribution >= 0.6 is 23.4 Å². The summed E-state index contributed by atoms with van der Waals surface area (Å²) in [5.41, 5.74) is 3.95. The molecule has 2 N–H and O–H groups in total. The Morgan fingerprint density at radius 1 is 1.14 bits per heavy atom. The monoisotopic (exact) mass is 429 g/mol. The summed E-state index contributed by atoms with van der Waals surface area (Å²) in [5.74, 6) is 0.974. The Kier molecular flexibility index (Phi) is 7.17. The molecule has 6 nitrogen and oxygen atoms in total. The van der Waals surface area contributed by atoms with E-state index in [4.69, 9.17) is 11.6 Å². The van der Waals surface area contributed by atoms with Crippen molar-refractivity contribution in [3.05, 3.63) is 64.4 Å². The summed E-state index contributed by atoms with van der Waals surface area (Å²) in [5, 5.41) is 16.1. The molecule has 1 aromatic heterocycles. The highest BCUT2D eigenvalue weighted by Gasteiger charge is 2.14. The molecule has 1 amide bonds. The van der Waals surface area contributed by atoms with Crippen LogP contribution in [-0.2, 0) is 17.9 Å². The van der Waals surface area contributed by atoms with Gasteiger partial charge in [0.25, 0.3) is 0 Å². The number of aryl methyl sites for hydroxylation is 2. The summed E-state index contributed by atoms with van der Waals surface area (Å²) in [7, 11) is 0. The third-order valence-electron chi connectivity index (χ3n) is 4.42. The molecule has 0 unspecified atom stereocenters. The Bertz CT molecular complexity index is 987. The van der Waals surface area contributed by atoms with Crippen LogP contribution in [0.1, 0.15) is 23.9 Å². The van der Waals surface area contributed by atoms with Gasteiger partial charge in [-0.25, -0.2) is 0 Å². The summed E-state index contributed by atoms with van der Waals surface area (Å²) >= 11 is 7.38. The van der Waals surface area contributed by atoms with E-state index in [1.165, 1.54) is 17.3 Å². The van der Waals surface area contributed by atoms with Crippen LogP contribution in [0, 0.1) is 13.8 Å². The first-order chi connectivity index (χ1) is 14.0. The number of nitrogens with zero attached hydrogens (tertiary/aromatic N) is 3. The Labute approximate surface area is 180 Å². The quantitative estimate of drug-likeness (QED) is 0.498. The van der Waals surface area contributed by atoms with Crippen molar-refractivity contribution in [2.75, 3.05) is 16.4 Å². The lowest BCUT2D eigenvalue weighted by Crippen LogP contribution is -2.15. The van der Waals surface area contributed by atoms with E-state index in [9.17, 15) is 4.79 Å². The van der Waals surface area contributed by atoms with Gasteiger partial charge in [-0.1, -0.05) is 47.1 Å². The van der Waals surface area contributed by atoms with Crippen LogP contribution < -0.4 is 10.6 Å². The van der Waals surface area contributed by atoms with Crippen LogP contribution in [0.5, 0.6) is 0 Å². The molecule has 3 rings (SSSR count). The maximum Gasteiger partial charge on any atom is 0.234 e. The third kappa shape index (κ3) is 5.74. The molecule has 8 heteroatoms. The highest BCUT2D eigenvalue weighted by Crippen LogP contribution is 2.22. The van der Waals surface area contributed by atoms with E-state index in [0.717, 1.165) is 34.5 Å². The Morgan fingerprint density at radius 3 is 2.62 bits per heavy atom. The number of amides is 1. The number of thioether (sulfide) groups is 1. The normalized spacial score (nSPS) is 10.8. The number of aromatic nitrogens is 3. The summed E-state index contributed by atoms with van der Waals surface area (Å²) in [6, 6.07) is 13.6. The fourth-order valence-corrected chi connectivity index (χ4v) is 3.77. The topological polar surface area (TPSA) is 71.8 Å². The molecule has 0 fully saturated rings. The van der Waals surface area contributed by atoms with Gasteiger partial charge in [0, 0.05) is 22.9 Å². The zero-order valence-electron chi connectivity index (χ0n) is 16.7. The van der Waals surface area contributed by atoms with Crippen molar-refractivity contribution in [2.45, 2.75) is 39.0 Å². The fourth-order valence-electron chi connectivity index (χ4n) is 2.77. The number of carbonyl (C=O) groups excluding carboxylic acids is 1. The number of halogens is 1. The van der Waals surface area contributed by atoms with Crippen LogP contribution in [0.4, 0.5) is 11.4 Å². The standard InChI is InChI=1S/C21H24ClN5OS/c1-4-27-19(12-23-17-9-5-14(2)6-10-17)25-26-21(27)29-13-20(28)24-18-11-16(22)8-7-15(18)3/h5-11,23H,4,12-13H2,1-3H3,(H,24,28). The number of hydrogen-bond donors (Lipinski definition) is 2. The van der Waals surface area contributed by atoms with Crippen molar-refractivity contribution in [3.63, 3.8) is 0 Å². The van der Waals surface area contributed by atoms with Gasteiger partial charge < -0.3 is 15.2 Å². The van der Waals surface area contributed by atoms with E-state index in [2.05, 4.69) is 39.9 Å². The Hall–Kier alpha value is -2.51. The van der Waals surface area contributed by atoms with Gasteiger partial charge in [0.1, 0.15) is 0 Å². The number of benzene rings is 2. The van der Waals surface area contributed by atoms with Gasteiger partial charge >= 0.3 is 0 Å². The van der Waals surface area contributed by atoms with Crippen molar-refractivity contribution in [1.82, 2.24) is 14.8 Å². The molecular formula is C21H24ClN5OS. The van der Waals surface area contributed by atoms with Crippen molar-refractivity contribution in [2.24, 2.45) is 0 Å². The SMILES string of the molecule is CCn1c(CNc2ccc(C)cc2)nnc1SCC(=O)Nc1cc(Cl)ccc1C. The second kappa shape index (κ2) is 9.80. The molecule has 0 aliphatic carbocycles. The van der Waals surface area contributed by atoms with Crippen LogP contribution in [0.15, 0.2) is 47.6 Å². The smallest absolute Gasteiger partial charge is 0.234 e. The van der Waals surface area contributed by atoms with Gasteiger partial charge in [-0.05, 0) is 50.6 Å². The molecule has 0 spiro atoms. The van der Waals surface area contributed by atoms with E-state index in [1.54, 1.807) is 12.1 Å². The maximum absolute atomic E-state index is 12.3. The van der Waals surface area contributed by atoms with E-state index < -0.39 is 0 Å². The number of rotatable bonds is 8. The molecule has 0 saturated heterocycles. The highest BCUT2D eigenvalue weighted by atomic mass is 35.5. The first kappa shape index (κ1) is 21.2. The second-order valence-electron chi connectivity index (χ2n) is 6.66. The van der Waals surface area contributed by atoms with Crippen molar-refractivity contribution in [3.8, 4) is 0 Å². The zero-order valence-corrected chi connectivity index (χ0v) is 18.3. The van der Waals surface area contributed by atoms with Gasteiger partial charge in [0.05, 0.1) is 12.3 Å². The molecular weight excluding hydrogens is 406 g/mol. The number of carbonyl (C=O) groups is 1. The third-order valence-corrected chi connectivity index (χ3v) is 5.62. The minimum Gasteiger partial charge on any atom is -0.378 e. The van der Waals surface area contributed by atoms with Crippen molar-refractivity contribution >= 4 is 40.6 Å². The first-order valence-corrected chi connectivity index (χ1v) is 10.7. The summed E-state index contributed by atoms with van der Waals surface area (Å²) in [6.45, 7) is 7.33. The Morgan fingerprint density at radius 2 is 1.90 bits per heavy atom. The average Bonchev–Trinajstić information content (AvgIpc) is 3.10. The number of hydrogen-bond acceptors (Lipinski definition) is 5. The van der Waals surface area contributed by atoms with Gasteiger partial charge in [-0.15, -0.1) is 10.2 Å². The van der Waals surface area contributed by atoms with Crippen LogP contribution in [-0.4, -0.2) is 26.4 Å². The van der Waals surface area contributed by atoms with Crippen molar-refractivity contribution in [1.29, 1.82) is 0 Å². The summed E-state index contributed by atoms with van der Waals surface area (Å²) < 4.78 is 2.02. The minimum absolute atomic E-state index is 0.106. The molecule has 0 atom stereocenters. The van der Waals surface area contributed by atoms with E-state index in [0.29, 0.717) is 11.6 Å².